The second-order valence-corrected chi connectivity index (χ2v) is 9.92. The Morgan fingerprint density at radius 3 is 2.40 bits per heavy atom. The fourth-order valence-corrected chi connectivity index (χ4v) is 5.59. The van der Waals surface area contributed by atoms with Gasteiger partial charge in [-0.2, -0.15) is 0 Å². The maximum absolute atomic E-state index is 12.6. The molecule has 0 spiro atoms. The summed E-state index contributed by atoms with van der Waals surface area (Å²) in [6, 6.07) is 23.9. The highest BCUT2D eigenvalue weighted by atomic mass is 32.2. The predicted molar refractivity (Wildman–Crippen MR) is 121 cm³/mol. The number of rotatable bonds is 6. The number of nitrogens with zero attached hydrogens (tertiary/aromatic N) is 1. The minimum Gasteiger partial charge on any atom is -0.348 e. The van der Waals surface area contributed by atoms with E-state index in [4.69, 9.17) is 0 Å². The molecule has 7 heteroatoms. The van der Waals surface area contributed by atoms with Crippen LogP contribution in [0.2, 0.25) is 0 Å². The Bertz CT molecular complexity index is 1280. The maximum atomic E-state index is 12.6. The largest absolute Gasteiger partial charge is 0.348 e. The molecule has 30 heavy (non-hydrogen) atoms. The zero-order chi connectivity index (χ0) is 21.1. The zero-order valence-electron chi connectivity index (χ0n) is 16.3. The summed E-state index contributed by atoms with van der Waals surface area (Å²) in [6.07, 6.45) is 0. The van der Waals surface area contributed by atoms with Gasteiger partial charge in [-0.1, -0.05) is 48.5 Å². The smallest absolute Gasteiger partial charge is 0.273 e. The SMILES string of the molecule is CN(c1ccc(C(=O)NCc2cccc3ccccc23)cc1)S(=O)(=O)c1cccs1. The van der Waals surface area contributed by atoms with Crippen molar-refractivity contribution in [1.82, 2.24) is 5.32 Å². The van der Waals surface area contributed by atoms with Gasteiger partial charge >= 0.3 is 0 Å². The third-order valence-electron chi connectivity index (χ3n) is 4.92. The van der Waals surface area contributed by atoms with E-state index in [1.54, 1.807) is 41.8 Å². The summed E-state index contributed by atoms with van der Waals surface area (Å²) < 4.78 is 26.8. The zero-order valence-corrected chi connectivity index (χ0v) is 17.9. The number of thiophene rings is 1. The van der Waals surface area contributed by atoms with Gasteiger partial charge < -0.3 is 5.32 Å². The van der Waals surface area contributed by atoms with Gasteiger partial charge in [-0.25, -0.2) is 8.42 Å². The molecule has 1 amide bonds. The Hall–Kier alpha value is -3.16. The summed E-state index contributed by atoms with van der Waals surface area (Å²) in [5.41, 5.74) is 2.01. The Labute approximate surface area is 179 Å². The number of hydrogen-bond acceptors (Lipinski definition) is 4. The van der Waals surface area contributed by atoms with E-state index in [0.717, 1.165) is 16.3 Å². The van der Waals surface area contributed by atoms with Gasteiger partial charge in [-0.15, -0.1) is 11.3 Å². The Morgan fingerprint density at radius 2 is 1.67 bits per heavy atom. The van der Waals surface area contributed by atoms with Crippen molar-refractivity contribution in [2.24, 2.45) is 0 Å². The molecule has 0 fully saturated rings. The number of fused-ring (bicyclic) bond motifs is 1. The summed E-state index contributed by atoms with van der Waals surface area (Å²) in [5, 5.41) is 6.90. The molecule has 0 aliphatic rings. The number of carbonyl (C=O) groups excluding carboxylic acids is 1. The molecule has 1 heterocycles. The van der Waals surface area contributed by atoms with Gasteiger partial charge in [0.2, 0.25) is 0 Å². The third-order valence-corrected chi connectivity index (χ3v) is 8.08. The normalized spacial score (nSPS) is 11.4. The number of benzene rings is 3. The van der Waals surface area contributed by atoms with Crippen LogP contribution in [0.5, 0.6) is 0 Å². The topological polar surface area (TPSA) is 66.5 Å². The summed E-state index contributed by atoms with van der Waals surface area (Å²) in [4.78, 5) is 12.6. The minimum atomic E-state index is -3.60. The average molecular weight is 437 g/mol. The van der Waals surface area contributed by atoms with Gasteiger partial charge in [0.1, 0.15) is 4.21 Å². The van der Waals surface area contributed by atoms with Crippen LogP contribution >= 0.6 is 11.3 Å². The third kappa shape index (κ3) is 3.94. The molecule has 0 radical (unpaired) electrons. The molecular weight excluding hydrogens is 416 g/mol. The molecule has 0 unspecified atom stereocenters. The van der Waals surface area contributed by atoms with Crippen LogP contribution in [0.4, 0.5) is 5.69 Å². The summed E-state index contributed by atoms with van der Waals surface area (Å²) >= 11 is 1.17. The second kappa shape index (κ2) is 8.30. The van der Waals surface area contributed by atoms with E-state index >= 15 is 0 Å². The van der Waals surface area contributed by atoms with Gasteiger partial charge in [-0.05, 0) is 52.0 Å². The molecule has 1 N–H and O–H groups in total. The van der Waals surface area contributed by atoms with Crippen LogP contribution in [0.15, 0.2) is 88.5 Å². The molecule has 152 valence electrons. The lowest BCUT2D eigenvalue weighted by Crippen LogP contribution is -2.26. The molecule has 0 saturated heterocycles. The lowest BCUT2D eigenvalue weighted by atomic mass is 10.0. The van der Waals surface area contributed by atoms with Crippen molar-refractivity contribution in [2.45, 2.75) is 10.8 Å². The molecule has 0 aliphatic heterocycles. The van der Waals surface area contributed by atoms with Crippen molar-refractivity contribution in [2.75, 3.05) is 11.4 Å². The van der Waals surface area contributed by atoms with E-state index in [1.165, 1.54) is 22.7 Å². The van der Waals surface area contributed by atoms with Crippen LogP contribution in [-0.2, 0) is 16.6 Å². The first kappa shape index (κ1) is 20.1. The van der Waals surface area contributed by atoms with E-state index in [1.807, 2.05) is 42.5 Å². The monoisotopic (exact) mass is 436 g/mol. The Kier molecular flexibility index (Phi) is 5.57. The van der Waals surface area contributed by atoms with Crippen molar-refractivity contribution in [3.05, 3.63) is 95.4 Å². The fraction of sp³-hybridized carbons (Fsp3) is 0.0870. The van der Waals surface area contributed by atoms with Gasteiger partial charge in [0.05, 0.1) is 5.69 Å². The average Bonchev–Trinajstić information content (AvgIpc) is 3.33. The van der Waals surface area contributed by atoms with Crippen LogP contribution in [0, 0.1) is 0 Å². The molecule has 0 atom stereocenters. The first-order chi connectivity index (χ1) is 14.5. The van der Waals surface area contributed by atoms with Crippen molar-refractivity contribution < 1.29 is 13.2 Å². The van der Waals surface area contributed by atoms with Crippen molar-refractivity contribution in [3.8, 4) is 0 Å². The second-order valence-electron chi connectivity index (χ2n) is 6.77. The Balaban J connectivity index is 1.47. The highest BCUT2D eigenvalue weighted by Crippen LogP contribution is 2.25. The number of carbonyl (C=O) groups is 1. The molecule has 5 nitrogen and oxygen atoms in total. The van der Waals surface area contributed by atoms with Crippen molar-refractivity contribution >= 4 is 43.7 Å². The summed E-state index contributed by atoms with van der Waals surface area (Å²) in [6.45, 7) is 0.411. The number of anilines is 1. The number of hydrogen-bond donors (Lipinski definition) is 1. The summed E-state index contributed by atoms with van der Waals surface area (Å²) in [7, 11) is -2.09. The molecule has 1 aromatic heterocycles. The molecule has 0 bridgehead atoms. The molecular formula is C23H20N2O3S2. The highest BCUT2D eigenvalue weighted by molar-refractivity contribution is 7.94. The van der Waals surface area contributed by atoms with Crippen LogP contribution < -0.4 is 9.62 Å². The van der Waals surface area contributed by atoms with E-state index in [-0.39, 0.29) is 10.1 Å². The van der Waals surface area contributed by atoms with Crippen LogP contribution in [-0.4, -0.2) is 21.4 Å². The van der Waals surface area contributed by atoms with Crippen LogP contribution in [0.25, 0.3) is 10.8 Å². The molecule has 0 saturated carbocycles. The van der Waals surface area contributed by atoms with Crippen LogP contribution in [0.3, 0.4) is 0 Å². The van der Waals surface area contributed by atoms with E-state index in [2.05, 4.69) is 5.32 Å². The fourth-order valence-electron chi connectivity index (χ4n) is 3.23. The van der Waals surface area contributed by atoms with Crippen molar-refractivity contribution in [1.29, 1.82) is 0 Å². The minimum absolute atomic E-state index is 0.210. The van der Waals surface area contributed by atoms with Gasteiger partial charge in [0, 0.05) is 19.2 Å². The van der Waals surface area contributed by atoms with Crippen LogP contribution in [0.1, 0.15) is 15.9 Å². The van der Waals surface area contributed by atoms with Gasteiger partial charge in [0.15, 0.2) is 0 Å². The van der Waals surface area contributed by atoms with Gasteiger partial charge in [-0.3, -0.25) is 9.10 Å². The van der Waals surface area contributed by atoms with E-state index in [0.29, 0.717) is 17.8 Å². The van der Waals surface area contributed by atoms with Gasteiger partial charge in [0.25, 0.3) is 15.9 Å². The van der Waals surface area contributed by atoms with E-state index in [9.17, 15) is 13.2 Å². The Morgan fingerprint density at radius 1 is 0.933 bits per heavy atom. The lowest BCUT2D eigenvalue weighted by molar-refractivity contribution is 0.0951. The summed E-state index contributed by atoms with van der Waals surface area (Å²) in [5.74, 6) is -0.210. The van der Waals surface area contributed by atoms with Crippen molar-refractivity contribution in [3.63, 3.8) is 0 Å². The van der Waals surface area contributed by atoms with E-state index < -0.39 is 10.0 Å². The molecule has 3 aromatic carbocycles. The first-order valence-electron chi connectivity index (χ1n) is 9.34. The number of amides is 1. The lowest BCUT2D eigenvalue weighted by Gasteiger charge is -2.18. The maximum Gasteiger partial charge on any atom is 0.273 e. The number of nitrogens with one attached hydrogen (secondary N) is 1. The predicted octanol–water partition coefficient (Wildman–Crippen LogP) is 4.66. The molecule has 4 aromatic rings. The first-order valence-corrected chi connectivity index (χ1v) is 11.7. The standard InChI is InChI=1S/C23H20N2O3S2/c1-25(30(27,28)22-10-5-15-29-22)20-13-11-18(12-14-20)23(26)24-16-19-8-4-7-17-6-2-3-9-21(17)19/h2-15H,16H2,1H3,(H,24,26). The molecule has 0 aliphatic carbocycles. The quantitative estimate of drug-likeness (QED) is 0.478. The number of sulfonamides is 1. The molecule has 4 rings (SSSR count). The highest BCUT2D eigenvalue weighted by Gasteiger charge is 2.22.